The molecule has 1 atom stereocenters. The van der Waals surface area contributed by atoms with Crippen LogP contribution >= 0.6 is 34.5 Å². The molecule has 0 fully saturated rings. The minimum Gasteiger partial charge on any atom is -0.311 e. The van der Waals surface area contributed by atoms with Crippen LogP contribution < -0.4 is 10.9 Å². The summed E-state index contributed by atoms with van der Waals surface area (Å²) < 4.78 is 2.28. The summed E-state index contributed by atoms with van der Waals surface area (Å²) in [6.45, 7) is 2.26. The average Bonchev–Trinajstić information content (AvgIpc) is 3.11. The normalized spacial score (nSPS) is 12.4. The van der Waals surface area contributed by atoms with Crippen molar-refractivity contribution in [1.29, 1.82) is 0 Å². The van der Waals surface area contributed by atoms with E-state index in [9.17, 15) is 4.79 Å². The number of rotatable bonds is 5. The predicted molar refractivity (Wildman–Crippen MR) is 120 cm³/mol. The fourth-order valence-electron chi connectivity index (χ4n) is 3.22. The third-order valence-electron chi connectivity index (χ3n) is 4.70. The van der Waals surface area contributed by atoms with Crippen molar-refractivity contribution in [3.8, 4) is 11.3 Å². The zero-order valence-electron chi connectivity index (χ0n) is 15.8. The minimum absolute atomic E-state index is 0.104. The highest BCUT2D eigenvalue weighted by atomic mass is 35.5. The molecule has 0 aliphatic heterocycles. The number of hydrogen-bond acceptors (Lipinski definition) is 5. The Morgan fingerprint density at radius 2 is 1.69 bits per heavy atom. The van der Waals surface area contributed by atoms with Crippen molar-refractivity contribution in [2.75, 3.05) is 7.05 Å². The van der Waals surface area contributed by atoms with Gasteiger partial charge < -0.3 is 5.32 Å². The maximum Gasteiger partial charge on any atom is 0.294 e. The largest absolute Gasteiger partial charge is 0.311 e. The molecule has 2 aromatic heterocycles. The van der Waals surface area contributed by atoms with E-state index in [0.29, 0.717) is 22.1 Å². The van der Waals surface area contributed by atoms with Crippen LogP contribution in [0, 0.1) is 6.92 Å². The van der Waals surface area contributed by atoms with Gasteiger partial charge in [0.15, 0.2) is 5.52 Å². The first-order valence-corrected chi connectivity index (χ1v) is 10.6. The van der Waals surface area contributed by atoms with Gasteiger partial charge in [-0.15, -0.1) is 11.3 Å². The Hall–Kier alpha value is -2.25. The molecule has 0 radical (unpaired) electrons. The number of fused-ring (bicyclic) bond motifs is 1. The van der Waals surface area contributed by atoms with Crippen LogP contribution in [0.4, 0.5) is 0 Å². The van der Waals surface area contributed by atoms with Gasteiger partial charge in [-0.3, -0.25) is 4.79 Å². The van der Waals surface area contributed by atoms with E-state index in [1.165, 1.54) is 16.0 Å². The number of hydrogen-bond donors (Lipinski definition) is 1. The van der Waals surface area contributed by atoms with Gasteiger partial charge in [0.05, 0.1) is 22.3 Å². The van der Waals surface area contributed by atoms with Crippen LogP contribution in [0.5, 0.6) is 0 Å². The SMILES string of the molecule is CN[C@@H](Cn1nc(-c2ccc(Cl)cc2)c2sc(C)nc2c1=O)c1ccc(Cl)cc1. The average molecular weight is 445 g/mol. The van der Waals surface area contributed by atoms with Crippen molar-refractivity contribution < 1.29 is 0 Å². The van der Waals surface area contributed by atoms with E-state index in [1.54, 1.807) is 0 Å². The van der Waals surface area contributed by atoms with Gasteiger partial charge in [-0.2, -0.15) is 5.10 Å². The fourth-order valence-corrected chi connectivity index (χ4v) is 4.39. The molecule has 29 heavy (non-hydrogen) atoms. The van der Waals surface area contributed by atoms with Gasteiger partial charge in [-0.05, 0) is 43.8 Å². The maximum absolute atomic E-state index is 13.1. The first-order valence-electron chi connectivity index (χ1n) is 9.03. The van der Waals surface area contributed by atoms with Crippen LogP contribution in [0.1, 0.15) is 16.6 Å². The maximum atomic E-state index is 13.1. The number of likely N-dealkylation sites (N-methyl/N-ethyl adjacent to an activating group) is 1. The van der Waals surface area contributed by atoms with E-state index in [2.05, 4.69) is 10.3 Å². The number of benzene rings is 2. The Bertz CT molecular complexity index is 1220. The quantitative estimate of drug-likeness (QED) is 0.465. The lowest BCUT2D eigenvalue weighted by atomic mass is 10.1. The van der Waals surface area contributed by atoms with Crippen molar-refractivity contribution >= 4 is 44.8 Å². The molecule has 0 unspecified atom stereocenters. The van der Waals surface area contributed by atoms with Gasteiger partial charge in [0.1, 0.15) is 5.69 Å². The minimum atomic E-state index is -0.198. The monoisotopic (exact) mass is 444 g/mol. The molecule has 0 saturated carbocycles. The molecule has 1 N–H and O–H groups in total. The highest BCUT2D eigenvalue weighted by molar-refractivity contribution is 7.19. The van der Waals surface area contributed by atoms with Crippen LogP contribution in [0.15, 0.2) is 53.3 Å². The fraction of sp³-hybridized carbons (Fsp3) is 0.190. The van der Waals surface area contributed by atoms with Gasteiger partial charge in [-0.25, -0.2) is 9.67 Å². The van der Waals surface area contributed by atoms with E-state index in [1.807, 2.05) is 62.5 Å². The van der Waals surface area contributed by atoms with Gasteiger partial charge in [0.2, 0.25) is 0 Å². The molecule has 0 aliphatic rings. The molecule has 0 saturated heterocycles. The summed E-state index contributed by atoms with van der Waals surface area (Å²) in [6.07, 6.45) is 0. The molecular formula is C21H18Cl2N4OS. The first kappa shape index (κ1) is 20.0. The Morgan fingerprint density at radius 1 is 1.07 bits per heavy atom. The molecule has 0 spiro atoms. The van der Waals surface area contributed by atoms with E-state index >= 15 is 0 Å². The van der Waals surface area contributed by atoms with Crippen molar-refractivity contribution in [3.05, 3.63) is 79.5 Å². The second kappa shape index (κ2) is 8.24. The summed E-state index contributed by atoms with van der Waals surface area (Å²) in [5.74, 6) is 0. The summed E-state index contributed by atoms with van der Waals surface area (Å²) in [4.78, 5) is 17.6. The molecule has 2 heterocycles. The second-order valence-electron chi connectivity index (χ2n) is 6.65. The van der Waals surface area contributed by atoms with Crippen LogP contribution in [-0.2, 0) is 6.54 Å². The third kappa shape index (κ3) is 4.07. The predicted octanol–water partition coefficient (Wildman–Crippen LogP) is 5.10. The van der Waals surface area contributed by atoms with Gasteiger partial charge >= 0.3 is 0 Å². The van der Waals surface area contributed by atoms with Gasteiger partial charge in [0, 0.05) is 15.6 Å². The number of aryl methyl sites for hydroxylation is 1. The Morgan fingerprint density at radius 3 is 2.31 bits per heavy atom. The third-order valence-corrected chi connectivity index (χ3v) is 6.18. The van der Waals surface area contributed by atoms with Gasteiger partial charge in [-0.1, -0.05) is 47.5 Å². The topological polar surface area (TPSA) is 59.8 Å². The van der Waals surface area contributed by atoms with Crippen molar-refractivity contribution in [1.82, 2.24) is 20.1 Å². The Labute approximate surface area is 181 Å². The number of aromatic nitrogens is 3. The second-order valence-corrected chi connectivity index (χ2v) is 8.72. The highest BCUT2D eigenvalue weighted by Gasteiger charge is 2.19. The van der Waals surface area contributed by atoms with Crippen molar-refractivity contribution in [3.63, 3.8) is 0 Å². The lowest BCUT2D eigenvalue weighted by molar-refractivity contribution is 0.456. The van der Waals surface area contributed by atoms with Crippen LogP contribution in [0.2, 0.25) is 10.0 Å². The van der Waals surface area contributed by atoms with Crippen LogP contribution in [0.25, 0.3) is 21.5 Å². The molecule has 4 aromatic rings. The molecule has 0 bridgehead atoms. The zero-order valence-corrected chi connectivity index (χ0v) is 18.1. The van der Waals surface area contributed by atoms with Crippen molar-refractivity contribution in [2.24, 2.45) is 0 Å². The highest BCUT2D eigenvalue weighted by Crippen LogP contribution is 2.30. The van der Waals surface area contributed by atoms with E-state index < -0.39 is 0 Å². The molecule has 5 nitrogen and oxygen atoms in total. The lowest BCUT2D eigenvalue weighted by Gasteiger charge is -2.18. The molecule has 2 aromatic carbocycles. The smallest absolute Gasteiger partial charge is 0.294 e. The number of nitrogens with zero attached hydrogens (tertiary/aromatic N) is 3. The van der Waals surface area contributed by atoms with Crippen LogP contribution in [-0.4, -0.2) is 21.8 Å². The van der Waals surface area contributed by atoms with Crippen molar-refractivity contribution in [2.45, 2.75) is 19.5 Å². The molecule has 0 aliphatic carbocycles. The number of thiazole rings is 1. The van der Waals surface area contributed by atoms with Crippen LogP contribution in [0.3, 0.4) is 0 Å². The first-order chi connectivity index (χ1) is 14.0. The summed E-state index contributed by atoms with van der Waals surface area (Å²) >= 11 is 13.5. The standard InChI is InChI=1S/C21H18Cl2N4OS/c1-12-25-19-20(29-12)18(14-5-9-16(23)10-6-14)26-27(21(19)28)11-17(24-2)13-3-7-15(22)8-4-13/h3-10,17,24H,11H2,1-2H3/t17-/m0/s1. The number of halogens is 2. The molecule has 8 heteroatoms. The molecule has 148 valence electrons. The summed E-state index contributed by atoms with van der Waals surface area (Å²) in [6, 6.07) is 14.9. The molecule has 4 rings (SSSR count). The van der Waals surface area contributed by atoms with Gasteiger partial charge in [0.25, 0.3) is 5.56 Å². The Balaban J connectivity index is 1.83. The summed E-state index contributed by atoms with van der Waals surface area (Å²) in [5.41, 5.74) is 2.89. The van der Waals surface area contributed by atoms with E-state index in [4.69, 9.17) is 28.3 Å². The summed E-state index contributed by atoms with van der Waals surface area (Å²) in [5, 5.41) is 10.1. The molecular weight excluding hydrogens is 427 g/mol. The Kier molecular flexibility index (Phi) is 5.69. The van der Waals surface area contributed by atoms with E-state index in [-0.39, 0.29) is 11.6 Å². The van der Waals surface area contributed by atoms with E-state index in [0.717, 1.165) is 26.5 Å². The molecule has 0 amide bonds. The summed E-state index contributed by atoms with van der Waals surface area (Å²) in [7, 11) is 1.86. The lowest BCUT2D eigenvalue weighted by Crippen LogP contribution is -2.31. The zero-order chi connectivity index (χ0) is 20.5. The number of nitrogens with one attached hydrogen (secondary N) is 1.